The average Bonchev–Trinajstić information content (AvgIpc) is 2.64. The minimum absolute atomic E-state index is 0.284. The van der Waals surface area contributed by atoms with Gasteiger partial charge in [0.2, 0.25) is 5.91 Å². The first-order valence-corrected chi connectivity index (χ1v) is 8.55. The number of nitrogens with one attached hydrogen (secondary N) is 1. The van der Waals surface area contributed by atoms with Gasteiger partial charge in [0.1, 0.15) is 6.54 Å². The fourth-order valence-corrected chi connectivity index (χ4v) is 3.16. The molecule has 3 N–H and O–H groups in total. The molecule has 0 saturated heterocycles. The van der Waals surface area contributed by atoms with Gasteiger partial charge >= 0.3 is 11.9 Å². The molecule has 0 radical (unpaired) electrons. The first-order valence-electron chi connectivity index (χ1n) is 8.55. The van der Waals surface area contributed by atoms with Crippen molar-refractivity contribution in [3.63, 3.8) is 0 Å². The van der Waals surface area contributed by atoms with Crippen LogP contribution in [-0.4, -0.2) is 34.6 Å². The maximum Gasteiger partial charge on any atom is 0.322 e. The Hall–Kier alpha value is -2.89. The molecule has 2 rings (SSSR count). The van der Waals surface area contributed by atoms with Gasteiger partial charge in [-0.2, -0.15) is 0 Å². The number of aliphatic carboxylic acids is 2. The van der Waals surface area contributed by atoms with E-state index in [1.165, 1.54) is 5.57 Å². The van der Waals surface area contributed by atoms with E-state index in [1.54, 1.807) is 0 Å². The van der Waals surface area contributed by atoms with E-state index in [1.807, 2.05) is 49.4 Å². The first-order chi connectivity index (χ1) is 12.4. The van der Waals surface area contributed by atoms with Crippen molar-refractivity contribution in [2.24, 2.45) is 11.8 Å². The molecule has 2 unspecified atom stereocenters. The third kappa shape index (κ3) is 5.31. The van der Waals surface area contributed by atoms with Crippen LogP contribution in [0.25, 0.3) is 5.57 Å². The third-order valence-corrected chi connectivity index (χ3v) is 4.66. The molecule has 1 aliphatic carbocycles. The van der Waals surface area contributed by atoms with Crippen molar-refractivity contribution in [3.05, 3.63) is 53.6 Å². The van der Waals surface area contributed by atoms with E-state index in [0.717, 1.165) is 24.0 Å². The van der Waals surface area contributed by atoms with Crippen molar-refractivity contribution in [2.45, 2.75) is 26.2 Å². The molecule has 6 nitrogen and oxygen atoms in total. The van der Waals surface area contributed by atoms with Crippen molar-refractivity contribution in [1.82, 2.24) is 5.32 Å². The molecule has 1 aliphatic rings. The second-order valence-electron chi connectivity index (χ2n) is 6.40. The highest BCUT2D eigenvalue weighted by atomic mass is 16.4. The number of benzene rings is 1. The molecule has 1 amide bonds. The fourth-order valence-electron chi connectivity index (χ4n) is 3.16. The van der Waals surface area contributed by atoms with Gasteiger partial charge in [0.05, 0.1) is 12.3 Å². The lowest BCUT2D eigenvalue weighted by atomic mass is 9.79. The van der Waals surface area contributed by atoms with Crippen molar-refractivity contribution >= 4 is 23.4 Å². The quantitative estimate of drug-likeness (QED) is 0.664. The maximum absolute atomic E-state index is 12.3. The Balaban J connectivity index is 2.14. The predicted octanol–water partition coefficient (Wildman–Crippen LogP) is 2.72. The van der Waals surface area contributed by atoms with E-state index in [9.17, 15) is 14.4 Å². The van der Waals surface area contributed by atoms with Gasteiger partial charge in [0.25, 0.3) is 0 Å². The molecule has 26 heavy (non-hydrogen) atoms. The van der Waals surface area contributed by atoms with Gasteiger partial charge in [-0.15, -0.1) is 0 Å². The summed E-state index contributed by atoms with van der Waals surface area (Å²) in [5.74, 6) is -3.86. The van der Waals surface area contributed by atoms with Crippen molar-refractivity contribution in [3.8, 4) is 0 Å². The Morgan fingerprint density at radius 2 is 1.73 bits per heavy atom. The van der Waals surface area contributed by atoms with Gasteiger partial charge in [0.15, 0.2) is 0 Å². The van der Waals surface area contributed by atoms with E-state index < -0.39 is 30.3 Å². The van der Waals surface area contributed by atoms with E-state index in [0.29, 0.717) is 0 Å². The molecular weight excluding hydrogens is 334 g/mol. The van der Waals surface area contributed by atoms with Crippen LogP contribution in [0.1, 0.15) is 31.7 Å². The SMILES string of the molecule is CC(C1=CC=C(c2ccccc2)CC1)C(CC(=O)O)C(=O)NCC(=O)O. The Labute approximate surface area is 152 Å². The molecule has 0 aromatic heterocycles. The molecule has 0 saturated carbocycles. The number of carbonyl (C=O) groups is 3. The van der Waals surface area contributed by atoms with Crippen LogP contribution in [0.15, 0.2) is 48.1 Å². The summed E-state index contributed by atoms with van der Waals surface area (Å²) in [5.41, 5.74) is 3.35. The van der Waals surface area contributed by atoms with Crippen LogP contribution in [-0.2, 0) is 14.4 Å². The molecule has 0 spiro atoms. The minimum atomic E-state index is -1.16. The van der Waals surface area contributed by atoms with Gasteiger partial charge in [0, 0.05) is 0 Å². The number of carboxylic acids is 2. The van der Waals surface area contributed by atoms with Crippen molar-refractivity contribution in [2.75, 3.05) is 6.54 Å². The number of hydrogen-bond acceptors (Lipinski definition) is 3. The molecule has 138 valence electrons. The Morgan fingerprint density at radius 1 is 1.04 bits per heavy atom. The van der Waals surface area contributed by atoms with E-state index >= 15 is 0 Å². The molecule has 0 heterocycles. The molecule has 6 heteroatoms. The largest absolute Gasteiger partial charge is 0.481 e. The number of rotatable bonds is 8. The summed E-state index contributed by atoms with van der Waals surface area (Å²) in [4.78, 5) is 34.1. The number of carboxylic acid groups (broad SMARTS) is 2. The fraction of sp³-hybridized carbons (Fsp3) is 0.350. The minimum Gasteiger partial charge on any atom is -0.481 e. The van der Waals surface area contributed by atoms with Gasteiger partial charge in [-0.3, -0.25) is 14.4 Å². The molecule has 0 aliphatic heterocycles. The second kappa shape index (κ2) is 8.99. The number of amides is 1. The van der Waals surface area contributed by atoms with Crippen molar-refractivity contribution < 1.29 is 24.6 Å². The highest BCUT2D eigenvalue weighted by Crippen LogP contribution is 2.33. The summed E-state index contributed by atoms with van der Waals surface area (Å²) < 4.78 is 0. The lowest BCUT2D eigenvalue weighted by molar-refractivity contribution is -0.142. The normalized spacial score (nSPS) is 16.0. The topological polar surface area (TPSA) is 104 Å². The van der Waals surface area contributed by atoms with Crippen LogP contribution >= 0.6 is 0 Å². The number of allylic oxidation sites excluding steroid dienone is 4. The molecule has 0 fully saturated rings. The summed E-state index contributed by atoms with van der Waals surface area (Å²) in [6.07, 6.45) is 5.19. The Bertz CT molecular complexity index is 736. The smallest absolute Gasteiger partial charge is 0.322 e. The lowest BCUT2D eigenvalue weighted by Gasteiger charge is -2.26. The van der Waals surface area contributed by atoms with Gasteiger partial charge in [-0.1, -0.05) is 55.0 Å². The molecule has 0 bridgehead atoms. The first kappa shape index (κ1) is 19.4. The summed E-state index contributed by atoms with van der Waals surface area (Å²) in [6.45, 7) is 1.31. The summed E-state index contributed by atoms with van der Waals surface area (Å²) in [5, 5.41) is 20.1. The van der Waals surface area contributed by atoms with Gasteiger partial charge in [-0.05, 0) is 29.9 Å². The number of hydrogen-bond donors (Lipinski definition) is 3. The van der Waals surface area contributed by atoms with E-state index in [4.69, 9.17) is 10.2 Å². The summed E-state index contributed by atoms with van der Waals surface area (Å²) in [6, 6.07) is 10.0. The molecule has 2 atom stereocenters. The third-order valence-electron chi connectivity index (χ3n) is 4.66. The van der Waals surface area contributed by atoms with Crippen LogP contribution in [0, 0.1) is 11.8 Å². The van der Waals surface area contributed by atoms with Crippen LogP contribution in [0.2, 0.25) is 0 Å². The van der Waals surface area contributed by atoms with Gasteiger partial charge < -0.3 is 15.5 Å². The van der Waals surface area contributed by atoms with E-state index in [2.05, 4.69) is 5.32 Å². The van der Waals surface area contributed by atoms with Gasteiger partial charge in [-0.25, -0.2) is 0 Å². The van der Waals surface area contributed by atoms with E-state index in [-0.39, 0.29) is 12.3 Å². The van der Waals surface area contributed by atoms with Crippen LogP contribution < -0.4 is 5.32 Å². The predicted molar refractivity (Wildman–Crippen MR) is 97.3 cm³/mol. The maximum atomic E-state index is 12.3. The Kier molecular flexibility index (Phi) is 6.72. The zero-order chi connectivity index (χ0) is 19.1. The zero-order valence-corrected chi connectivity index (χ0v) is 14.6. The second-order valence-corrected chi connectivity index (χ2v) is 6.40. The number of carbonyl (C=O) groups excluding carboxylic acids is 1. The molecule has 1 aromatic carbocycles. The lowest BCUT2D eigenvalue weighted by Crippen LogP contribution is -2.38. The highest BCUT2D eigenvalue weighted by Gasteiger charge is 2.30. The highest BCUT2D eigenvalue weighted by molar-refractivity contribution is 5.86. The van der Waals surface area contributed by atoms with Crippen LogP contribution in [0.5, 0.6) is 0 Å². The van der Waals surface area contributed by atoms with Crippen molar-refractivity contribution in [1.29, 1.82) is 0 Å². The Morgan fingerprint density at radius 3 is 2.27 bits per heavy atom. The zero-order valence-electron chi connectivity index (χ0n) is 14.6. The summed E-state index contributed by atoms with van der Waals surface area (Å²) in [7, 11) is 0. The van der Waals surface area contributed by atoms with Crippen LogP contribution in [0.4, 0.5) is 0 Å². The summed E-state index contributed by atoms with van der Waals surface area (Å²) >= 11 is 0. The van der Waals surface area contributed by atoms with Crippen LogP contribution in [0.3, 0.4) is 0 Å². The average molecular weight is 357 g/mol. The monoisotopic (exact) mass is 357 g/mol. The molecular formula is C20H23NO5. The molecule has 1 aromatic rings. The standard InChI is InChI=1S/C20H23NO5/c1-13(17(11-18(22)23)20(26)21-12-19(24)25)14-7-9-16(10-8-14)15-5-3-2-4-6-15/h2-7,9,13,17H,8,10-12H2,1H3,(H,21,26)(H,22,23)(H,24,25).